The zero-order valence-corrected chi connectivity index (χ0v) is 12.7. The van der Waals surface area contributed by atoms with Crippen molar-refractivity contribution in [1.82, 2.24) is 4.90 Å². The molecule has 1 aliphatic heterocycles. The van der Waals surface area contributed by atoms with E-state index >= 15 is 0 Å². The lowest BCUT2D eigenvalue weighted by Gasteiger charge is -2.28. The fourth-order valence-corrected chi connectivity index (χ4v) is 3.84. The molecule has 2 unspecified atom stereocenters. The molecule has 0 amide bonds. The Morgan fingerprint density at radius 1 is 1.16 bits per heavy atom. The quantitative estimate of drug-likeness (QED) is 0.844. The summed E-state index contributed by atoms with van der Waals surface area (Å²) in [6, 6.07) is 9.05. The summed E-state index contributed by atoms with van der Waals surface area (Å²) in [6.07, 6.45) is 5.47. The van der Waals surface area contributed by atoms with Gasteiger partial charge in [-0.3, -0.25) is 9.69 Å². The van der Waals surface area contributed by atoms with Gasteiger partial charge in [0, 0.05) is 29.4 Å². The van der Waals surface area contributed by atoms with Crippen LogP contribution >= 0.6 is 15.9 Å². The smallest absolute Gasteiger partial charge is 0.137 e. The molecule has 1 aromatic carbocycles. The minimum absolute atomic E-state index is 0.318. The van der Waals surface area contributed by atoms with Crippen LogP contribution in [-0.2, 0) is 11.3 Å². The summed E-state index contributed by atoms with van der Waals surface area (Å²) in [7, 11) is 0. The van der Waals surface area contributed by atoms with E-state index in [2.05, 4.69) is 45.1 Å². The SMILES string of the molecule is O=C1CCCC1C1CCCN1Cc1ccc(Br)cc1. The molecule has 2 aliphatic rings. The second kappa shape index (κ2) is 5.76. The van der Waals surface area contributed by atoms with Crippen LogP contribution in [0.3, 0.4) is 0 Å². The maximum absolute atomic E-state index is 12.0. The second-order valence-electron chi connectivity index (χ2n) is 5.77. The van der Waals surface area contributed by atoms with E-state index in [0.29, 0.717) is 17.7 Å². The van der Waals surface area contributed by atoms with Crippen LogP contribution in [0.2, 0.25) is 0 Å². The fourth-order valence-electron chi connectivity index (χ4n) is 3.58. The number of carbonyl (C=O) groups excluding carboxylic acids is 1. The molecular formula is C16H20BrNO. The number of nitrogens with zero attached hydrogens (tertiary/aromatic N) is 1. The van der Waals surface area contributed by atoms with Gasteiger partial charge in [0.25, 0.3) is 0 Å². The van der Waals surface area contributed by atoms with Gasteiger partial charge in [-0.2, -0.15) is 0 Å². The van der Waals surface area contributed by atoms with Crippen LogP contribution < -0.4 is 0 Å². The first-order valence-electron chi connectivity index (χ1n) is 7.25. The topological polar surface area (TPSA) is 20.3 Å². The number of hydrogen-bond donors (Lipinski definition) is 0. The van der Waals surface area contributed by atoms with Gasteiger partial charge < -0.3 is 0 Å². The minimum Gasteiger partial charge on any atom is -0.299 e. The standard InChI is InChI=1S/C16H20BrNO/c17-13-8-6-12(7-9-13)11-18-10-2-4-15(18)14-3-1-5-16(14)19/h6-9,14-15H,1-5,10-11H2. The highest BCUT2D eigenvalue weighted by atomic mass is 79.9. The first kappa shape index (κ1) is 13.3. The fraction of sp³-hybridized carbons (Fsp3) is 0.562. The van der Waals surface area contributed by atoms with Crippen molar-refractivity contribution in [2.75, 3.05) is 6.54 Å². The van der Waals surface area contributed by atoms with E-state index < -0.39 is 0 Å². The molecule has 0 bridgehead atoms. The van der Waals surface area contributed by atoms with Gasteiger partial charge in [0.1, 0.15) is 5.78 Å². The molecule has 1 saturated heterocycles. The Bertz CT molecular complexity index is 456. The van der Waals surface area contributed by atoms with Gasteiger partial charge in [0.05, 0.1) is 0 Å². The largest absolute Gasteiger partial charge is 0.299 e. The van der Waals surface area contributed by atoms with Crippen LogP contribution in [0.25, 0.3) is 0 Å². The lowest BCUT2D eigenvalue weighted by Crippen LogP contribution is -2.36. The Morgan fingerprint density at radius 3 is 2.63 bits per heavy atom. The summed E-state index contributed by atoms with van der Waals surface area (Å²) in [4.78, 5) is 14.5. The van der Waals surface area contributed by atoms with Gasteiger partial charge in [0.2, 0.25) is 0 Å². The predicted octanol–water partition coefficient (Wildman–Crippen LogP) is 3.78. The third-order valence-electron chi connectivity index (χ3n) is 4.53. The van der Waals surface area contributed by atoms with Crippen molar-refractivity contribution >= 4 is 21.7 Å². The summed E-state index contributed by atoms with van der Waals surface area (Å²) in [5, 5.41) is 0. The Labute approximate surface area is 123 Å². The molecule has 0 spiro atoms. The number of carbonyl (C=O) groups is 1. The minimum atomic E-state index is 0.318. The van der Waals surface area contributed by atoms with E-state index in [1.165, 1.54) is 18.4 Å². The number of ketones is 1. The molecular weight excluding hydrogens is 302 g/mol. The zero-order valence-electron chi connectivity index (χ0n) is 11.1. The maximum Gasteiger partial charge on any atom is 0.137 e. The average molecular weight is 322 g/mol. The van der Waals surface area contributed by atoms with Gasteiger partial charge in [-0.15, -0.1) is 0 Å². The number of benzene rings is 1. The average Bonchev–Trinajstić information content (AvgIpc) is 3.01. The van der Waals surface area contributed by atoms with Crippen molar-refractivity contribution in [3.05, 3.63) is 34.3 Å². The van der Waals surface area contributed by atoms with Crippen LogP contribution in [-0.4, -0.2) is 23.3 Å². The molecule has 1 aliphatic carbocycles. The number of halogens is 1. The van der Waals surface area contributed by atoms with Crippen LogP contribution in [0.1, 0.15) is 37.7 Å². The van der Waals surface area contributed by atoms with Gasteiger partial charge in [-0.25, -0.2) is 0 Å². The Hall–Kier alpha value is -0.670. The molecule has 3 heteroatoms. The Morgan fingerprint density at radius 2 is 1.95 bits per heavy atom. The van der Waals surface area contributed by atoms with Crippen molar-refractivity contribution in [2.24, 2.45) is 5.92 Å². The first-order chi connectivity index (χ1) is 9.24. The third-order valence-corrected chi connectivity index (χ3v) is 5.06. The van der Waals surface area contributed by atoms with Crippen molar-refractivity contribution in [2.45, 2.75) is 44.7 Å². The molecule has 19 heavy (non-hydrogen) atoms. The van der Waals surface area contributed by atoms with Gasteiger partial charge >= 0.3 is 0 Å². The van der Waals surface area contributed by atoms with Crippen molar-refractivity contribution < 1.29 is 4.79 Å². The zero-order chi connectivity index (χ0) is 13.2. The van der Waals surface area contributed by atoms with E-state index in [9.17, 15) is 4.79 Å². The van der Waals surface area contributed by atoms with Crippen molar-refractivity contribution in [1.29, 1.82) is 0 Å². The number of likely N-dealkylation sites (tertiary alicyclic amines) is 1. The summed E-state index contributed by atoms with van der Waals surface area (Å²) in [5.41, 5.74) is 1.35. The molecule has 0 radical (unpaired) electrons. The van der Waals surface area contributed by atoms with Crippen LogP contribution in [0, 0.1) is 5.92 Å². The Kier molecular flexibility index (Phi) is 4.04. The molecule has 1 aromatic rings. The summed E-state index contributed by atoms with van der Waals surface area (Å²) in [5.74, 6) is 0.825. The summed E-state index contributed by atoms with van der Waals surface area (Å²) >= 11 is 3.47. The predicted molar refractivity (Wildman–Crippen MR) is 79.9 cm³/mol. The lowest BCUT2D eigenvalue weighted by atomic mass is 9.95. The summed E-state index contributed by atoms with van der Waals surface area (Å²) in [6.45, 7) is 2.13. The van der Waals surface area contributed by atoms with Gasteiger partial charge in [-0.1, -0.05) is 28.1 Å². The van der Waals surface area contributed by atoms with E-state index in [1.807, 2.05) is 0 Å². The molecule has 2 nitrogen and oxygen atoms in total. The van der Waals surface area contributed by atoms with Gasteiger partial charge in [0.15, 0.2) is 0 Å². The van der Waals surface area contributed by atoms with E-state index in [0.717, 1.165) is 36.8 Å². The molecule has 2 atom stereocenters. The monoisotopic (exact) mass is 321 g/mol. The summed E-state index contributed by atoms with van der Waals surface area (Å²) < 4.78 is 1.13. The number of rotatable bonds is 3. The number of Topliss-reactive ketones (excluding diaryl/α,β-unsaturated/α-hetero) is 1. The second-order valence-corrected chi connectivity index (χ2v) is 6.69. The molecule has 2 fully saturated rings. The van der Waals surface area contributed by atoms with E-state index in [-0.39, 0.29) is 0 Å². The van der Waals surface area contributed by atoms with Crippen molar-refractivity contribution in [3.8, 4) is 0 Å². The highest BCUT2D eigenvalue weighted by molar-refractivity contribution is 9.10. The van der Waals surface area contributed by atoms with E-state index in [4.69, 9.17) is 0 Å². The molecule has 0 N–H and O–H groups in total. The van der Waals surface area contributed by atoms with Gasteiger partial charge in [-0.05, 0) is 49.9 Å². The normalized spacial score (nSPS) is 28.2. The molecule has 0 aromatic heterocycles. The Balaban J connectivity index is 1.69. The van der Waals surface area contributed by atoms with Crippen molar-refractivity contribution in [3.63, 3.8) is 0 Å². The van der Waals surface area contributed by atoms with Crippen LogP contribution in [0.15, 0.2) is 28.7 Å². The highest BCUT2D eigenvalue weighted by Crippen LogP contribution is 2.34. The first-order valence-corrected chi connectivity index (χ1v) is 8.04. The van der Waals surface area contributed by atoms with E-state index in [1.54, 1.807) is 0 Å². The highest BCUT2D eigenvalue weighted by Gasteiger charge is 2.37. The molecule has 102 valence electrons. The lowest BCUT2D eigenvalue weighted by molar-refractivity contribution is -0.122. The molecule has 1 saturated carbocycles. The van der Waals surface area contributed by atoms with Crippen LogP contribution in [0.5, 0.6) is 0 Å². The maximum atomic E-state index is 12.0. The van der Waals surface area contributed by atoms with Crippen LogP contribution in [0.4, 0.5) is 0 Å². The molecule has 1 heterocycles. The third kappa shape index (κ3) is 2.92. The molecule has 3 rings (SSSR count). The number of hydrogen-bond acceptors (Lipinski definition) is 2.